The van der Waals surface area contributed by atoms with Crippen molar-refractivity contribution in [1.29, 1.82) is 0 Å². The first-order valence-electron chi connectivity index (χ1n) is 5.95. The number of amides is 2. The molecule has 0 atom stereocenters. The summed E-state index contributed by atoms with van der Waals surface area (Å²) in [6, 6.07) is -1.05. The molecule has 0 aliphatic carbocycles. The molecule has 0 aromatic carbocycles. The maximum atomic E-state index is 11.4. The predicted molar refractivity (Wildman–Crippen MR) is 67.6 cm³/mol. The van der Waals surface area contributed by atoms with Crippen molar-refractivity contribution in [3.8, 4) is 0 Å². The van der Waals surface area contributed by atoms with E-state index in [0.717, 1.165) is 26.2 Å². The number of aliphatic hydroxyl groups is 1. The molecule has 1 fully saturated rings. The van der Waals surface area contributed by atoms with Gasteiger partial charge in [-0.25, -0.2) is 4.79 Å². The number of carbonyl (C=O) groups excluding carboxylic acids is 1. The molecule has 4 N–H and O–H groups in total. The molecule has 19 heavy (non-hydrogen) atoms. The van der Waals surface area contributed by atoms with Gasteiger partial charge in [0.15, 0.2) is 0 Å². The number of carbonyl (C=O) groups is 1. The Balaban J connectivity index is 2.24. The first kappa shape index (κ1) is 16.1. The highest BCUT2D eigenvalue weighted by Crippen LogP contribution is 2.02. The Hall–Kier alpha value is -0.940. The molecule has 1 aliphatic heterocycles. The van der Waals surface area contributed by atoms with Gasteiger partial charge in [-0.15, -0.1) is 4.28 Å². The minimum absolute atomic E-state index is 0.126. The number of nitrogens with zero attached hydrogens (tertiary/aromatic N) is 2. The molecule has 0 aromatic heterocycles. The zero-order valence-electron chi connectivity index (χ0n) is 10.6. The van der Waals surface area contributed by atoms with E-state index in [4.69, 9.17) is 10.8 Å². The van der Waals surface area contributed by atoms with Gasteiger partial charge in [0, 0.05) is 39.3 Å². The molecule has 2 amide bonds. The molecular formula is C9H20N4O5S. The lowest BCUT2D eigenvalue weighted by Crippen LogP contribution is -2.48. The first-order valence-corrected chi connectivity index (χ1v) is 7.53. The number of primary amides is 1. The Bertz CT molecular complexity index is 380. The summed E-state index contributed by atoms with van der Waals surface area (Å²) >= 11 is 0. The summed E-state index contributed by atoms with van der Waals surface area (Å²) in [5.41, 5.74) is 6.30. The van der Waals surface area contributed by atoms with Gasteiger partial charge in [0.25, 0.3) is 10.1 Å². The van der Waals surface area contributed by atoms with E-state index < -0.39 is 16.1 Å². The van der Waals surface area contributed by atoms with E-state index in [1.807, 2.05) is 4.90 Å². The maximum Gasteiger partial charge on any atom is 0.337 e. The second kappa shape index (κ2) is 7.60. The fourth-order valence-corrected chi connectivity index (χ4v) is 2.54. The van der Waals surface area contributed by atoms with E-state index in [9.17, 15) is 13.2 Å². The molecular weight excluding hydrogens is 276 g/mol. The molecule has 1 rings (SSSR count). The van der Waals surface area contributed by atoms with Crippen LogP contribution in [0.5, 0.6) is 0 Å². The number of hydrogen-bond donors (Lipinski definition) is 3. The summed E-state index contributed by atoms with van der Waals surface area (Å²) < 4.78 is 27.0. The van der Waals surface area contributed by atoms with Gasteiger partial charge in [-0.1, -0.05) is 0 Å². The third-order valence-corrected chi connectivity index (χ3v) is 3.83. The number of aliphatic hydroxyl groups excluding tert-OH is 1. The Morgan fingerprint density at radius 1 is 1.21 bits per heavy atom. The van der Waals surface area contributed by atoms with E-state index in [2.05, 4.69) is 9.18 Å². The van der Waals surface area contributed by atoms with Gasteiger partial charge in [0.05, 0.1) is 12.4 Å². The minimum atomic E-state index is -3.81. The maximum absolute atomic E-state index is 11.4. The summed E-state index contributed by atoms with van der Waals surface area (Å²) in [5.74, 6) is -0.215. The van der Waals surface area contributed by atoms with Gasteiger partial charge >= 0.3 is 6.03 Å². The van der Waals surface area contributed by atoms with Crippen molar-refractivity contribution in [3.63, 3.8) is 0 Å². The Kier molecular flexibility index (Phi) is 6.45. The largest absolute Gasteiger partial charge is 0.395 e. The molecule has 0 spiro atoms. The van der Waals surface area contributed by atoms with Crippen LogP contribution >= 0.6 is 0 Å². The second-order valence-electron chi connectivity index (χ2n) is 4.22. The van der Waals surface area contributed by atoms with Crippen molar-refractivity contribution in [1.82, 2.24) is 15.3 Å². The summed E-state index contributed by atoms with van der Waals surface area (Å²) in [6.07, 6.45) is 0. The topological polar surface area (TPSA) is 125 Å². The van der Waals surface area contributed by atoms with Crippen LogP contribution in [0.25, 0.3) is 0 Å². The summed E-state index contributed by atoms with van der Waals surface area (Å²) in [6.45, 7) is 4.15. The van der Waals surface area contributed by atoms with E-state index in [0.29, 0.717) is 13.1 Å². The molecule has 112 valence electrons. The number of hydroxylamine groups is 1. The molecule has 0 saturated carbocycles. The van der Waals surface area contributed by atoms with Crippen molar-refractivity contribution in [2.45, 2.75) is 0 Å². The molecule has 1 aliphatic rings. The third kappa shape index (κ3) is 6.68. The number of hydrogen-bond acceptors (Lipinski definition) is 7. The molecule has 9 nitrogen and oxygen atoms in total. The quantitative estimate of drug-likeness (QED) is 0.444. The smallest absolute Gasteiger partial charge is 0.337 e. The lowest BCUT2D eigenvalue weighted by molar-refractivity contribution is 0.116. The second-order valence-corrected chi connectivity index (χ2v) is 5.91. The average molecular weight is 296 g/mol. The summed E-state index contributed by atoms with van der Waals surface area (Å²) in [4.78, 5) is 14.4. The molecule has 0 bridgehead atoms. The number of urea groups is 1. The van der Waals surface area contributed by atoms with Crippen LogP contribution in [0.1, 0.15) is 0 Å². The molecule has 1 saturated heterocycles. The van der Waals surface area contributed by atoms with E-state index in [-0.39, 0.29) is 12.4 Å². The molecule has 0 unspecified atom stereocenters. The van der Waals surface area contributed by atoms with Gasteiger partial charge in [-0.2, -0.15) is 13.9 Å². The third-order valence-electron chi connectivity index (χ3n) is 2.81. The lowest BCUT2D eigenvalue weighted by Gasteiger charge is -2.34. The summed E-state index contributed by atoms with van der Waals surface area (Å²) in [5, 5.41) is 8.80. The van der Waals surface area contributed by atoms with Crippen LogP contribution in [0, 0.1) is 0 Å². The van der Waals surface area contributed by atoms with Gasteiger partial charge in [-0.3, -0.25) is 9.80 Å². The van der Waals surface area contributed by atoms with Crippen molar-refractivity contribution in [2.75, 3.05) is 51.6 Å². The average Bonchev–Trinajstić information content (AvgIpc) is 2.36. The highest BCUT2D eigenvalue weighted by Gasteiger charge is 2.19. The number of piperazine rings is 1. The number of nitrogens with two attached hydrogens (primary N) is 1. The lowest BCUT2D eigenvalue weighted by atomic mass is 10.3. The van der Waals surface area contributed by atoms with Crippen LogP contribution in [-0.2, 0) is 14.4 Å². The van der Waals surface area contributed by atoms with Crippen LogP contribution < -0.4 is 11.2 Å². The van der Waals surface area contributed by atoms with Crippen LogP contribution in [0.4, 0.5) is 4.79 Å². The van der Waals surface area contributed by atoms with Crippen LogP contribution in [0.15, 0.2) is 0 Å². The van der Waals surface area contributed by atoms with Gasteiger partial charge in [-0.05, 0) is 0 Å². The van der Waals surface area contributed by atoms with Gasteiger partial charge < -0.3 is 10.8 Å². The number of β-amino-alcohol motifs (C(OH)–C–C–N with tert-alkyl or cyclic N) is 1. The van der Waals surface area contributed by atoms with Gasteiger partial charge in [0.1, 0.15) is 0 Å². The highest BCUT2D eigenvalue weighted by atomic mass is 32.2. The zero-order valence-corrected chi connectivity index (χ0v) is 11.4. The zero-order chi connectivity index (χ0) is 14.3. The van der Waals surface area contributed by atoms with E-state index in [1.165, 1.54) is 0 Å². The van der Waals surface area contributed by atoms with Crippen LogP contribution in [0.2, 0.25) is 0 Å². The Morgan fingerprint density at radius 2 is 1.74 bits per heavy atom. The Labute approximate surface area is 112 Å². The molecule has 0 radical (unpaired) electrons. The predicted octanol–water partition coefficient (Wildman–Crippen LogP) is -2.47. The number of nitrogens with one attached hydrogen (secondary N) is 1. The Morgan fingerprint density at radius 3 is 2.21 bits per heavy atom. The first-order chi connectivity index (χ1) is 8.93. The van der Waals surface area contributed by atoms with Crippen molar-refractivity contribution in [2.24, 2.45) is 5.73 Å². The summed E-state index contributed by atoms with van der Waals surface area (Å²) in [7, 11) is -3.81. The monoisotopic (exact) mass is 296 g/mol. The highest BCUT2D eigenvalue weighted by molar-refractivity contribution is 7.86. The SMILES string of the molecule is NC(=O)NOS(=O)(=O)CCN1CCN(CCO)CC1. The van der Waals surface area contributed by atoms with Crippen LogP contribution in [0.3, 0.4) is 0 Å². The fraction of sp³-hybridized carbons (Fsp3) is 0.889. The van der Waals surface area contributed by atoms with Gasteiger partial charge in [0.2, 0.25) is 0 Å². The molecule has 10 heteroatoms. The molecule has 1 heterocycles. The minimum Gasteiger partial charge on any atom is -0.395 e. The van der Waals surface area contributed by atoms with Crippen molar-refractivity contribution < 1.29 is 22.6 Å². The van der Waals surface area contributed by atoms with E-state index in [1.54, 1.807) is 5.48 Å². The van der Waals surface area contributed by atoms with Crippen molar-refractivity contribution >= 4 is 16.1 Å². The van der Waals surface area contributed by atoms with E-state index >= 15 is 0 Å². The van der Waals surface area contributed by atoms with Crippen molar-refractivity contribution in [3.05, 3.63) is 0 Å². The normalized spacial score (nSPS) is 18.4. The fourth-order valence-electron chi connectivity index (χ4n) is 1.77. The number of rotatable bonds is 7. The van der Waals surface area contributed by atoms with Crippen LogP contribution in [-0.4, -0.2) is 81.0 Å². The standard InChI is InChI=1S/C9H20N4O5S/c10-9(15)11-18-19(16,17)8-6-13-3-1-12(2-4-13)5-7-14/h14H,1-8H2,(H3,10,11,15). The molecule has 0 aromatic rings.